The summed E-state index contributed by atoms with van der Waals surface area (Å²) in [6.45, 7) is 9.23. The zero-order valence-corrected chi connectivity index (χ0v) is 16.2. The third kappa shape index (κ3) is 3.07. The molecule has 2 heterocycles. The number of nitrogens with one attached hydrogen (secondary N) is 1. The fourth-order valence-corrected chi connectivity index (χ4v) is 3.79. The van der Waals surface area contributed by atoms with Crippen LogP contribution in [0.15, 0.2) is 29.4 Å². The predicted molar refractivity (Wildman–Crippen MR) is 100 cm³/mol. The predicted octanol–water partition coefficient (Wildman–Crippen LogP) is 2.50. The van der Waals surface area contributed by atoms with Gasteiger partial charge in [0.2, 0.25) is 17.0 Å². The summed E-state index contributed by atoms with van der Waals surface area (Å²) in [5.74, 6) is -0.380. The zero-order chi connectivity index (χ0) is 19.1. The monoisotopic (exact) mass is 374 g/mol. The number of nitrogens with zero attached hydrogens (tertiary/aromatic N) is 5. The molecule has 0 bridgehead atoms. The normalized spacial score (nSPS) is 17.0. The van der Waals surface area contributed by atoms with Gasteiger partial charge in [0.05, 0.1) is 22.7 Å². The number of thioether (sulfide) groups is 1. The van der Waals surface area contributed by atoms with Crippen LogP contribution in [0, 0.1) is 0 Å². The van der Waals surface area contributed by atoms with E-state index in [1.165, 1.54) is 11.8 Å². The number of tetrazole rings is 1. The molecule has 2 aromatic rings. The van der Waals surface area contributed by atoms with Gasteiger partial charge in [-0.3, -0.25) is 14.5 Å². The van der Waals surface area contributed by atoms with Crippen molar-refractivity contribution in [3.05, 3.63) is 24.3 Å². The first kappa shape index (κ1) is 18.4. The standard InChI is InChI=1S/C17H22N6O2S/c1-10(2)23-16(19-20-21-23)26-11(3)14(24)22-13-9-7-6-8-12(13)18-15(25)17(22,4)5/h6-11H,1-5H3,(H,18,25). The minimum atomic E-state index is -0.996. The van der Waals surface area contributed by atoms with Crippen LogP contribution in [0.25, 0.3) is 0 Å². The van der Waals surface area contributed by atoms with Crippen LogP contribution in [0.2, 0.25) is 0 Å². The number of benzene rings is 1. The molecule has 9 heteroatoms. The van der Waals surface area contributed by atoms with E-state index in [2.05, 4.69) is 20.8 Å². The summed E-state index contributed by atoms with van der Waals surface area (Å²) in [5, 5.41) is 14.7. The Bertz CT molecular complexity index is 847. The van der Waals surface area contributed by atoms with Crippen LogP contribution in [0.4, 0.5) is 11.4 Å². The number of para-hydroxylation sites is 2. The Hall–Kier alpha value is -2.42. The van der Waals surface area contributed by atoms with E-state index in [0.717, 1.165) is 0 Å². The quantitative estimate of drug-likeness (QED) is 0.827. The molecule has 8 nitrogen and oxygen atoms in total. The molecule has 0 spiro atoms. The first-order valence-electron chi connectivity index (χ1n) is 8.42. The second-order valence-corrected chi connectivity index (χ2v) is 8.27. The highest BCUT2D eigenvalue weighted by atomic mass is 32.2. The molecule has 26 heavy (non-hydrogen) atoms. The molecule has 1 aliphatic heterocycles. The van der Waals surface area contributed by atoms with E-state index in [0.29, 0.717) is 16.5 Å². The Kier molecular flexibility index (Phi) is 4.74. The molecule has 138 valence electrons. The summed E-state index contributed by atoms with van der Waals surface area (Å²) in [7, 11) is 0. The van der Waals surface area contributed by atoms with Crippen molar-refractivity contribution < 1.29 is 9.59 Å². The fraction of sp³-hybridized carbons (Fsp3) is 0.471. The number of aromatic nitrogens is 4. The van der Waals surface area contributed by atoms with Gasteiger partial charge in [-0.05, 0) is 57.2 Å². The highest BCUT2D eigenvalue weighted by Gasteiger charge is 2.45. The van der Waals surface area contributed by atoms with Crippen LogP contribution in [0.5, 0.6) is 0 Å². The number of carbonyl (C=O) groups is 2. The number of carbonyl (C=O) groups excluding carboxylic acids is 2. The Balaban J connectivity index is 1.92. The molecule has 1 unspecified atom stereocenters. The lowest BCUT2D eigenvalue weighted by Crippen LogP contribution is -2.60. The SMILES string of the molecule is CC(Sc1nnnn1C(C)C)C(=O)N1c2ccccc2NC(=O)C1(C)C. The molecule has 3 rings (SSSR count). The fourth-order valence-electron chi connectivity index (χ4n) is 2.82. The molecule has 1 aromatic heterocycles. The topological polar surface area (TPSA) is 93.0 Å². The minimum absolute atomic E-state index is 0.0905. The average Bonchev–Trinajstić information content (AvgIpc) is 3.03. The molecule has 0 saturated carbocycles. The second-order valence-electron chi connectivity index (χ2n) is 6.96. The van der Waals surface area contributed by atoms with Gasteiger partial charge in [0, 0.05) is 0 Å². The zero-order valence-electron chi connectivity index (χ0n) is 15.4. The number of hydrogen-bond donors (Lipinski definition) is 1. The Morgan fingerprint density at radius 2 is 1.92 bits per heavy atom. The number of amides is 2. The maximum atomic E-state index is 13.3. The molecule has 1 atom stereocenters. The van der Waals surface area contributed by atoms with E-state index >= 15 is 0 Å². The van der Waals surface area contributed by atoms with E-state index in [-0.39, 0.29) is 17.9 Å². The summed E-state index contributed by atoms with van der Waals surface area (Å²) >= 11 is 1.29. The lowest BCUT2D eigenvalue weighted by atomic mass is 9.96. The summed E-state index contributed by atoms with van der Waals surface area (Å²) in [6, 6.07) is 7.40. The molecule has 0 radical (unpaired) electrons. The Morgan fingerprint density at radius 3 is 2.62 bits per heavy atom. The van der Waals surface area contributed by atoms with Crippen molar-refractivity contribution in [1.29, 1.82) is 0 Å². The molecule has 0 fully saturated rings. The van der Waals surface area contributed by atoms with E-state index in [4.69, 9.17) is 0 Å². The van der Waals surface area contributed by atoms with Crippen LogP contribution in [-0.2, 0) is 9.59 Å². The summed E-state index contributed by atoms with van der Waals surface area (Å²) in [4.78, 5) is 27.4. The first-order chi connectivity index (χ1) is 12.2. The number of hydrogen-bond acceptors (Lipinski definition) is 6. The van der Waals surface area contributed by atoms with Crippen LogP contribution in [0.3, 0.4) is 0 Å². The maximum Gasteiger partial charge on any atom is 0.250 e. The Morgan fingerprint density at radius 1 is 1.23 bits per heavy atom. The molecular weight excluding hydrogens is 352 g/mol. The van der Waals surface area contributed by atoms with Crippen LogP contribution < -0.4 is 10.2 Å². The van der Waals surface area contributed by atoms with E-state index in [9.17, 15) is 9.59 Å². The Labute approximate surface area is 156 Å². The van der Waals surface area contributed by atoms with Crippen molar-refractivity contribution >= 4 is 35.0 Å². The number of rotatable bonds is 4. The van der Waals surface area contributed by atoms with Crippen molar-refractivity contribution in [3.63, 3.8) is 0 Å². The first-order valence-corrected chi connectivity index (χ1v) is 9.30. The van der Waals surface area contributed by atoms with Crippen LogP contribution >= 0.6 is 11.8 Å². The van der Waals surface area contributed by atoms with Crippen molar-refractivity contribution in [2.24, 2.45) is 0 Å². The van der Waals surface area contributed by atoms with Gasteiger partial charge in [-0.1, -0.05) is 23.9 Å². The molecule has 0 aliphatic carbocycles. The van der Waals surface area contributed by atoms with Crippen LogP contribution in [-0.4, -0.2) is 42.8 Å². The minimum Gasteiger partial charge on any atom is -0.322 e. The molecule has 1 aliphatic rings. The van der Waals surface area contributed by atoms with Gasteiger partial charge in [-0.15, -0.1) is 5.10 Å². The smallest absolute Gasteiger partial charge is 0.250 e. The van der Waals surface area contributed by atoms with Crippen molar-refractivity contribution in [2.45, 2.75) is 56.6 Å². The molecule has 1 aromatic carbocycles. The molecule has 1 N–H and O–H groups in total. The van der Waals surface area contributed by atoms with Gasteiger partial charge in [-0.2, -0.15) is 0 Å². The number of anilines is 2. The van der Waals surface area contributed by atoms with E-state index < -0.39 is 10.8 Å². The van der Waals surface area contributed by atoms with E-state index in [1.807, 2.05) is 32.0 Å². The number of fused-ring (bicyclic) bond motifs is 1. The van der Waals surface area contributed by atoms with Crippen molar-refractivity contribution in [2.75, 3.05) is 10.2 Å². The van der Waals surface area contributed by atoms with Gasteiger partial charge in [0.15, 0.2) is 0 Å². The van der Waals surface area contributed by atoms with Gasteiger partial charge in [0.1, 0.15) is 5.54 Å². The van der Waals surface area contributed by atoms with Gasteiger partial charge < -0.3 is 5.32 Å². The summed E-state index contributed by atoms with van der Waals surface area (Å²) < 4.78 is 1.68. The summed E-state index contributed by atoms with van der Waals surface area (Å²) in [5.41, 5.74) is 0.330. The van der Waals surface area contributed by atoms with Crippen molar-refractivity contribution in [1.82, 2.24) is 20.2 Å². The highest BCUT2D eigenvalue weighted by Crippen LogP contribution is 2.38. The lowest BCUT2D eigenvalue weighted by Gasteiger charge is -2.43. The maximum absolute atomic E-state index is 13.3. The van der Waals surface area contributed by atoms with E-state index in [1.54, 1.807) is 36.4 Å². The van der Waals surface area contributed by atoms with Crippen molar-refractivity contribution in [3.8, 4) is 0 Å². The largest absolute Gasteiger partial charge is 0.322 e. The van der Waals surface area contributed by atoms with Crippen LogP contribution in [0.1, 0.15) is 40.7 Å². The lowest BCUT2D eigenvalue weighted by molar-refractivity contribution is -0.126. The molecule has 2 amide bonds. The van der Waals surface area contributed by atoms with Gasteiger partial charge in [-0.25, -0.2) is 4.68 Å². The highest BCUT2D eigenvalue weighted by molar-refractivity contribution is 8.00. The summed E-state index contributed by atoms with van der Waals surface area (Å²) in [6.07, 6.45) is 0. The van der Waals surface area contributed by atoms with Gasteiger partial charge >= 0.3 is 0 Å². The average molecular weight is 374 g/mol. The molecule has 0 saturated heterocycles. The third-order valence-corrected chi connectivity index (χ3v) is 5.34. The van der Waals surface area contributed by atoms with Gasteiger partial charge in [0.25, 0.3) is 0 Å². The third-order valence-electron chi connectivity index (χ3n) is 4.31. The molecular formula is C17H22N6O2S. The second kappa shape index (κ2) is 6.71.